The Labute approximate surface area is 177 Å². The molecule has 0 aliphatic heterocycles. The molecule has 0 aliphatic carbocycles. The van der Waals surface area contributed by atoms with Gasteiger partial charge in [-0.2, -0.15) is 8.42 Å². The molecule has 0 aliphatic rings. The Hall–Kier alpha value is -0.0700. The maximum absolute atomic E-state index is 11.7. The van der Waals surface area contributed by atoms with Crippen molar-refractivity contribution in [2.75, 3.05) is 6.61 Å². The van der Waals surface area contributed by atoms with Crippen LogP contribution in [0.3, 0.4) is 0 Å². The van der Waals surface area contributed by atoms with E-state index >= 15 is 0 Å². The average Bonchev–Trinajstić information content (AvgIpc) is 2.52. The number of aryl methyl sites for hydroxylation is 1. The first-order valence-corrected chi connectivity index (χ1v) is 10.5. The van der Waals surface area contributed by atoms with Crippen LogP contribution in [0.5, 0.6) is 5.75 Å². The van der Waals surface area contributed by atoms with Gasteiger partial charge in [0.1, 0.15) is 5.75 Å². The SMILES string of the molecule is CCCCCCCCCCCCOS(=O)(=O)Oc1cccc(C)c1.[H-].[Na+]. The predicted molar refractivity (Wildman–Crippen MR) is 99.6 cm³/mol. The zero-order valence-corrected chi connectivity index (χ0v) is 18.9. The zero-order valence-electron chi connectivity index (χ0n) is 17.1. The molecule has 0 spiro atoms. The summed E-state index contributed by atoms with van der Waals surface area (Å²) >= 11 is 0. The zero-order chi connectivity index (χ0) is 17.7. The van der Waals surface area contributed by atoms with Crippen LogP contribution >= 0.6 is 0 Å². The van der Waals surface area contributed by atoms with Crippen molar-refractivity contribution in [3.63, 3.8) is 0 Å². The molecule has 0 heterocycles. The molecule has 6 heteroatoms. The summed E-state index contributed by atoms with van der Waals surface area (Å²) in [5.41, 5.74) is 0.942. The molecular weight excluding hydrogens is 347 g/mol. The largest absolute Gasteiger partial charge is 1.00 e. The summed E-state index contributed by atoms with van der Waals surface area (Å²) in [5.74, 6) is 0.290. The van der Waals surface area contributed by atoms with Gasteiger partial charge in [-0.15, -0.1) is 0 Å². The maximum Gasteiger partial charge on any atom is 1.00 e. The number of hydrogen-bond acceptors (Lipinski definition) is 4. The van der Waals surface area contributed by atoms with E-state index in [0.717, 1.165) is 24.8 Å². The van der Waals surface area contributed by atoms with Gasteiger partial charge in [0.15, 0.2) is 0 Å². The Balaban J connectivity index is 0. The second kappa shape index (κ2) is 15.0. The van der Waals surface area contributed by atoms with Gasteiger partial charge in [-0.3, -0.25) is 0 Å². The summed E-state index contributed by atoms with van der Waals surface area (Å²) in [6.07, 6.45) is 12.0. The first kappa shape index (κ1) is 24.9. The molecule has 0 fully saturated rings. The molecule has 0 saturated heterocycles. The van der Waals surface area contributed by atoms with Gasteiger partial charge in [-0.1, -0.05) is 76.8 Å². The van der Waals surface area contributed by atoms with Gasteiger partial charge in [-0.25, -0.2) is 4.18 Å². The van der Waals surface area contributed by atoms with Crippen molar-refractivity contribution in [2.24, 2.45) is 0 Å². The molecule has 0 N–H and O–H groups in total. The Kier molecular flexibility index (Phi) is 15.0. The molecule has 0 atom stereocenters. The van der Waals surface area contributed by atoms with E-state index in [0.29, 0.717) is 0 Å². The first-order valence-electron chi connectivity index (χ1n) is 9.19. The molecule has 0 radical (unpaired) electrons. The minimum Gasteiger partial charge on any atom is -1.00 e. The smallest absolute Gasteiger partial charge is 1.00 e. The van der Waals surface area contributed by atoms with E-state index < -0.39 is 10.4 Å². The monoisotopic (exact) mass is 380 g/mol. The molecule has 1 rings (SSSR count). The van der Waals surface area contributed by atoms with Crippen LogP contribution in [0.1, 0.15) is 78.1 Å². The standard InChI is InChI=1S/C19H32O4S.Na.H/c1-3-4-5-6-7-8-9-10-11-12-16-22-24(20,21)23-19-15-13-14-18(2)17-19;;/h13-15,17H,3-12,16H2,1-2H3;;/q;+1;-1. The molecule has 25 heavy (non-hydrogen) atoms. The third kappa shape index (κ3) is 13.8. The molecule has 0 amide bonds. The van der Waals surface area contributed by atoms with E-state index in [1.54, 1.807) is 18.2 Å². The van der Waals surface area contributed by atoms with Crippen LogP contribution in [-0.4, -0.2) is 15.0 Å². The van der Waals surface area contributed by atoms with E-state index in [1.165, 1.54) is 44.9 Å². The van der Waals surface area contributed by atoms with Gasteiger partial charge in [0, 0.05) is 0 Å². The predicted octanol–water partition coefficient (Wildman–Crippen LogP) is 2.67. The van der Waals surface area contributed by atoms with Gasteiger partial charge in [0.2, 0.25) is 0 Å². The average molecular weight is 381 g/mol. The summed E-state index contributed by atoms with van der Waals surface area (Å²) in [5, 5.41) is 0. The van der Waals surface area contributed by atoms with E-state index in [1.807, 2.05) is 13.0 Å². The van der Waals surface area contributed by atoms with Gasteiger partial charge < -0.3 is 5.61 Å². The van der Waals surface area contributed by atoms with Crippen LogP contribution in [0.4, 0.5) is 0 Å². The van der Waals surface area contributed by atoms with E-state index in [4.69, 9.17) is 8.37 Å². The number of unbranched alkanes of at least 4 members (excludes halogenated alkanes) is 9. The molecule has 0 bridgehead atoms. The first-order chi connectivity index (χ1) is 11.5. The van der Waals surface area contributed by atoms with E-state index in [-0.39, 0.29) is 43.3 Å². The molecule has 1 aromatic carbocycles. The number of hydrogen-bond donors (Lipinski definition) is 0. The van der Waals surface area contributed by atoms with Gasteiger partial charge >= 0.3 is 40.0 Å². The molecule has 0 aromatic heterocycles. The fourth-order valence-corrected chi connectivity index (χ4v) is 3.27. The van der Waals surface area contributed by atoms with Crippen molar-refractivity contribution in [3.8, 4) is 5.75 Å². The van der Waals surface area contributed by atoms with Gasteiger partial charge in [-0.05, 0) is 31.0 Å². The van der Waals surface area contributed by atoms with Crippen LogP contribution in [0.15, 0.2) is 24.3 Å². The van der Waals surface area contributed by atoms with E-state index in [2.05, 4.69) is 6.92 Å². The molecule has 4 nitrogen and oxygen atoms in total. The van der Waals surface area contributed by atoms with Crippen LogP contribution < -0.4 is 33.7 Å². The van der Waals surface area contributed by atoms with Crippen molar-refractivity contribution in [1.82, 2.24) is 0 Å². The summed E-state index contributed by atoms with van der Waals surface area (Å²) in [4.78, 5) is 0. The quantitative estimate of drug-likeness (QED) is 0.368. The summed E-state index contributed by atoms with van der Waals surface area (Å²) in [7, 11) is -3.96. The fourth-order valence-electron chi connectivity index (χ4n) is 2.56. The van der Waals surface area contributed by atoms with Crippen LogP contribution in [0, 0.1) is 6.92 Å². The van der Waals surface area contributed by atoms with Gasteiger partial charge in [0.05, 0.1) is 6.61 Å². The third-order valence-electron chi connectivity index (χ3n) is 3.91. The molecule has 0 unspecified atom stereocenters. The second-order valence-electron chi connectivity index (χ2n) is 6.31. The van der Waals surface area contributed by atoms with E-state index in [9.17, 15) is 8.42 Å². The van der Waals surface area contributed by atoms with Crippen LogP contribution in [0.2, 0.25) is 0 Å². The van der Waals surface area contributed by atoms with Gasteiger partial charge in [0.25, 0.3) is 0 Å². The van der Waals surface area contributed by atoms with Crippen molar-refractivity contribution in [3.05, 3.63) is 29.8 Å². The topological polar surface area (TPSA) is 52.6 Å². The number of benzene rings is 1. The molecular formula is C19H33NaO4S. The summed E-state index contributed by atoms with van der Waals surface area (Å²) in [6, 6.07) is 6.91. The van der Waals surface area contributed by atoms with Crippen molar-refractivity contribution in [1.29, 1.82) is 0 Å². The van der Waals surface area contributed by atoms with Crippen molar-refractivity contribution >= 4 is 10.4 Å². The van der Waals surface area contributed by atoms with Crippen LogP contribution in [-0.2, 0) is 14.6 Å². The Morgan fingerprint density at radius 3 is 2.04 bits per heavy atom. The summed E-state index contributed by atoms with van der Waals surface area (Å²) < 4.78 is 33.3. The molecule has 140 valence electrons. The van der Waals surface area contributed by atoms with Crippen LogP contribution in [0.25, 0.3) is 0 Å². The second-order valence-corrected chi connectivity index (χ2v) is 7.53. The Bertz CT molecular complexity index is 552. The van der Waals surface area contributed by atoms with Crippen molar-refractivity contribution < 1.29 is 47.8 Å². The van der Waals surface area contributed by atoms with Crippen molar-refractivity contribution in [2.45, 2.75) is 78.1 Å². The molecule has 1 aromatic rings. The Morgan fingerprint density at radius 2 is 1.48 bits per heavy atom. The molecule has 0 saturated carbocycles. The third-order valence-corrected chi connectivity index (χ3v) is 4.77. The minimum atomic E-state index is -3.96. The normalized spacial score (nSPS) is 11.1. The minimum absolute atomic E-state index is 0. The Morgan fingerprint density at radius 1 is 0.920 bits per heavy atom. The number of rotatable bonds is 14. The summed E-state index contributed by atoms with van der Waals surface area (Å²) in [6.45, 7) is 4.29. The fraction of sp³-hybridized carbons (Fsp3) is 0.684. The maximum atomic E-state index is 11.7.